The Labute approximate surface area is 130 Å². The van der Waals surface area contributed by atoms with Crippen molar-refractivity contribution in [1.82, 2.24) is 9.97 Å². The van der Waals surface area contributed by atoms with Crippen molar-refractivity contribution in [3.8, 4) is 5.75 Å². The molecule has 21 heavy (non-hydrogen) atoms. The first kappa shape index (κ1) is 13.6. The molecule has 0 atom stereocenters. The fourth-order valence-corrected chi connectivity index (χ4v) is 2.61. The Morgan fingerprint density at radius 1 is 1.14 bits per heavy atom. The van der Waals surface area contributed by atoms with Gasteiger partial charge in [-0.15, -0.1) is 0 Å². The van der Waals surface area contributed by atoms with E-state index in [2.05, 4.69) is 31.2 Å². The van der Waals surface area contributed by atoms with Gasteiger partial charge in [-0.25, -0.2) is 4.98 Å². The molecule has 1 heterocycles. The molecule has 0 saturated heterocycles. The van der Waals surface area contributed by atoms with E-state index in [1.807, 2.05) is 42.5 Å². The Bertz CT molecular complexity index is 807. The highest BCUT2D eigenvalue weighted by Gasteiger charge is 2.07. The third-order valence-corrected chi connectivity index (χ3v) is 3.65. The number of hydrogen-bond acceptors (Lipinski definition) is 5. The predicted octanol–water partition coefficient (Wildman–Crippen LogP) is 3.73. The molecular formula is C15H13BrN4O. The number of nitrogens with zero attached hydrogens (tertiary/aromatic N) is 2. The van der Waals surface area contributed by atoms with E-state index in [1.165, 1.54) is 0 Å². The standard InChI is InChI=1S/C15H13BrN4O/c1-21-13-7-6-9(8-11(13)16)18-14-10-4-2-3-5-12(10)19-15(17)20-14/h2-8H,1H3,(H3,17,18,19,20). The number of para-hydroxylation sites is 1. The molecule has 0 amide bonds. The Kier molecular flexibility index (Phi) is 3.62. The predicted molar refractivity (Wildman–Crippen MR) is 87.9 cm³/mol. The van der Waals surface area contributed by atoms with Crippen LogP contribution >= 0.6 is 15.9 Å². The van der Waals surface area contributed by atoms with Crippen LogP contribution < -0.4 is 15.8 Å². The van der Waals surface area contributed by atoms with Crippen molar-refractivity contribution in [2.75, 3.05) is 18.2 Å². The van der Waals surface area contributed by atoms with Crippen LogP contribution in [-0.4, -0.2) is 17.1 Å². The van der Waals surface area contributed by atoms with E-state index in [-0.39, 0.29) is 5.95 Å². The molecule has 0 aliphatic heterocycles. The molecule has 5 nitrogen and oxygen atoms in total. The van der Waals surface area contributed by atoms with Gasteiger partial charge >= 0.3 is 0 Å². The van der Waals surface area contributed by atoms with Gasteiger partial charge in [-0.2, -0.15) is 4.98 Å². The quantitative estimate of drug-likeness (QED) is 0.757. The Morgan fingerprint density at radius 2 is 1.95 bits per heavy atom. The third-order valence-electron chi connectivity index (χ3n) is 3.04. The number of methoxy groups -OCH3 is 1. The van der Waals surface area contributed by atoms with Crippen LogP contribution in [-0.2, 0) is 0 Å². The molecule has 0 aliphatic rings. The highest BCUT2D eigenvalue weighted by molar-refractivity contribution is 9.10. The number of nitrogen functional groups attached to an aromatic ring is 1. The van der Waals surface area contributed by atoms with Crippen LogP contribution in [0.15, 0.2) is 46.9 Å². The summed E-state index contributed by atoms with van der Waals surface area (Å²) in [5, 5.41) is 4.18. The van der Waals surface area contributed by atoms with Gasteiger partial charge in [0.25, 0.3) is 0 Å². The van der Waals surface area contributed by atoms with Gasteiger partial charge in [0.1, 0.15) is 11.6 Å². The lowest BCUT2D eigenvalue weighted by Gasteiger charge is -2.11. The average Bonchev–Trinajstić information content (AvgIpc) is 2.47. The molecule has 3 N–H and O–H groups in total. The molecule has 0 spiro atoms. The summed E-state index contributed by atoms with van der Waals surface area (Å²) in [7, 11) is 1.63. The lowest BCUT2D eigenvalue weighted by Crippen LogP contribution is -2.01. The van der Waals surface area contributed by atoms with E-state index in [0.29, 0.717) is 5.82 Å². The smallest absolute Gasteiger partial charge is 0.222 e. The maximum absolute atomic E-state index is 5.76. The van der Waals surface area contributed by atoms with Gasteiger partial charge in [0.2, 0.25) is 5.95 Å². The van der Waals surface area contributed by atoms with E-state index < -0.39 is 0 Å². The molecule has 0 fully saturated rings. The largest absolute Gasteiger partial charge is 0.496 e. The molecule has 6 heteroatoms. The second-order valence-corrected chi connectivity index (χ2v) is 5.28. The minimum Gasteiger partial charge on any atom is -0.496 e. The van der Waals surface area contributed by atoms with Crippen molar-refractivity contribution in [3.63, 3.8) is 0 Å². The lowest BCUT2D eigenvalue weighted by atomic mass is 10.2. The summed E-state index contributed by atoms with van der Waals surface area (Å²) < 4.78 is 6.08. The van der Waals surface area contributed by atoms with Crippen molar-refractivity contribution in [1.29, 1.82) is 0 Å². The summed E-state index contributed by atoms with van der Waals surface area (Å²) in [5.74, 6) is 1.69. The minimum atomic E-state index is 0.240. The Balaban J connectivity index is 2.03. The summed E-state index contributed by atoms with van der Waals surface area (Å²) in [6.45, 7) is 0. The van der Waals surface area contributed by atoms with Gasteiger partial charge in [-0.05, 0) is 46.3 Å². The number of nitrogens with one attached hydrogen (secondary N) is 1. The summed E-state index contributed by atoms with van der Waals surface area (Å²) in [5.41, 5.74) is 7.45. The van der Waals surface area contributed by atoms with Crippen molar-refractivity contribution in [3.05, 3.63) is 46.9 Å². The van der Waals surface area contributed by atoms with Gasteiger partial charge in [-0.3, -0.25) is 0 Å². The monoisotopic (exact) mass is 344 g/mol. The van der Waals surface area contributed by atoms with Crippen LogP contribution in [0.4, 0.5) is 17.5 Å². The zero-order valence-corrected chi connectivity index (χ0v) is 12.9. The van der Waals surface area contributed by atoms with Gasteiger partial charge in [0.15, 0.2) is 0 Å². The van der Waals surface area contributed by atoms with Crippen LogP contribution in [0.5, 0.6) is 5.75 Å². The summed E-state index contributed by atoms with van der Waals surface area (Å²) in [4.78, 5) is 8.50. The first-order valence-electron chi connectivity index (χ1n) is 6.30. The number of halogens is 1. The maximum Gasteiger partial charge on any atom is 0.222 e. The number of anilines is 3. The molecule has 1 aromatic heterocycles. The van der Waals surface area contributed by atoms with Crippen molar-refractivity contribution in [2.24, 2.45) is 0 Å². The van der Waals surface area contributed by atoms with E-state index in [0.717, 1.165) is 26.8 Å². The van der Waals surface area contributed by atoms with E-state index >= 15 is 0 Å². The number of nitrogens with two attached hydrogens (primary N) is 1. The lowest BCUT2D eigenvalue weighted by molar-refractivity contribution is 0.412. The summed E-state index contributed by atoms with van der Waals surface area (Å²) >= 11 is 3.46. The summed E-state index contributed by atoms with van der Waals surface area (Å²) in [6, 6.07) is 13.4. The first-order chi connectivity index (χ1) is 10.2. The van der Waals surface area contributed by atoms with Gasteiger partial charge in [0, 0.05) is 11.1 Å². The van der Waals surface area contributed by atoms with Crippen LogP contribution in [0, 0.1) is 0 Å². The van der Waals surface area contributed by atoms with Crippen LogP contribution in [0.3, 0.4) is 0 Å². The molecule has 0 radical (unpaired) electrons. The molecule has 106 valence electrons. The van der Waals surface area contributed by atoms with E-state index in [1.54, 1.807) is 7.11 Å². The van der Waals surface area contributed by atoms with E-state index in [9.17, 15) is 0 Å². The van der Waals surface area contributed by atoms with Crippen LogP contribution in [0.25, 0.3) is 10.9 Å². The van der Waals surface area contributed by atoms with Gasteiger partial charge in [-0.1, -0.05) is 12.1 Å². The fraction of sp³-hybridized carbons (Fsp3) is 0.0667. The molecule has 0 unspecified atom stereocenters. The number of benzene rings is 2. The molecule has 2 aromatic carbocycles. The minimum absolute atomic E-state index is 0.240. The van der Waals surface area contributed by atoms with Crippen molar-refractivity contribution in [2.45, 2.75) is 0 Å². The molecule has 3 rings (SSSR count). The molecule has 3 aromatic rings. The van der Waals surface area contributed by atoms with E-state index in [4.69, 9.17) is 10.5 Å². The first-order valence-corrected chi connectivity index (χ1v) is 7.09. The molecular weight excluding hydrogens is 332 g/mol. The SMILES string of the molecule is COc1ccc(Nc2nc(N)nc3ccccc23)cc1Br. The maximum atomic E-state index is 5.76. The Morgan fingerprint density at radius 3 is 2.71 bits per heavy atom. The summed E-state index contributed by atoms with van der Waals surface area (Å²) in [6.07, 6.45) is 0. The normalized spacial score (nSPS) is 10.6. The number of ether oxygens (including phenoxy) is 1. The number of hydrogen-bond donors (Lipinski definition) is 2. The molecule has 0 saturated carbocycles. The third kappa shape index (κ3) is 2.75. The fourth-order valence-electron chi connectivity index (χ4n) is 2.07. The van der Waals surface area contributed by atoms with Crippen molar-refractivity contribution >= 4 is 44.3 Å². The van der Waals surface area contributed by atoms with Gasteiger partial charge in [0.05, 0.1) is 17.1 Å². The molecule has 0 bridgehead atoms. The second kappa shape index (κ2) is 5.57. The van der Waals surface area contributed by atoms with Crippen LogP contribution in [0.1, 0.15) is 0 Å². The highest BCUT2D eigenvalue weighted by Crippen LogP contribution is 2.30. The second-order valence-electron chi connectivity index (χ2n) is 4.42. The number of aromatic nitrogens is 2. The van der Waals surface area contributed by atoms with Crippen molar-refractivity contribution < 1.29 is 4.74 Å². The Hall–Kier alpha value is -2.34. The average molecular weight is 345 g/mol. The van der Waals surface area contributed by atoms with Crippen LogP contribution in [0.2, 0.25) is 0 Å². The number of fused-ring (bicyclic) bond motifs is 1. The molecule has 0 aliphatic carbocycles. The topological polar surface area (TPSA) is 73.1 Å². The highest BCUT2D eigenvalue weighted by atomic mass is 79.9. The number of rotatable bonds is 3. The zero-order valence-electron chi connectivity index (χ0n) is 11.3. The van der Waals surface area contributed by atoms with Gasteiger partial charge < -0.3 is 15.8 Å². The zero-order chi connectivity index (χ0) is 14.8.